The molecule has 0 saturated heterocycles. The number of nitrogens with one attached hydrogen (secondary N) is 2. The lowest BCUT2D eigenvalue weighted by molar-refractivity contribution is -0.116. The molecule has 0 unspecified atom stereocenters. The van der Waals surface area contributed by atoms with Gasteiger partial charge in [0.25, 0.3) is 5.91 Å². The highest BCUT2D eigenvalue weighted by Gasteiger charge is 2.31. The molecule has 3 rings (SSSR count). The summed E-state index contributed by atoms with van der Waals surface area (Å²) in [5, 5.41) is 6.16. The van der Waals surface area contributed by atoms with E-state index >= 15 is 0 Å². The Hall–Kier alpha value is -2.58. The topological polar surface area (TPSA) is 95.6 Å². The van der Waals surface area contributed by atoms with E-state index in [0.29, 0.717) is 27.5 Å². The standard InChI is InChI=1S/C24H30ClN3O4S/c1-16-13-14-18(25)15-22(16)28(33(3,31)32)17(2)23(29)27-21-12-8-7-11-20(21)24(30)26-19-9-5-4-6-10-19/h7-8,11-15,17,19H,4-6,9-10H2,1-3H3,(H,26,30)(H,27,29)/t17-/m0/s1. The Labute approximate surface area is 200 Å². The third kappa shape index (κ3) is 6.26. The quantitative estimate of drug-likeness (QED) is 0.595. The second-order valence-electron chi connectivity index (χ2n) is 8.51. The fraction of sp³-hybridized carbons (Fsp3) is 0.417. The number of nitrogens with zero attached hydrogens (tertiary/aromatic N) is 1. The fourth-order valence-corrected chi connectivity index (χ4v) is 5.53. The number of rotatable bonds is 7. The summed E-state index contributed by atoms with van der Waals surface area (Å²) >= 11 is 6.09. The monoisotopic (exact) mass is 491 g/mol. The third-order valence-corrected chi connectivity index (χ3v) is 7.33. The smallest absolute Gasteiger partial charge is 0.253 e. The highest BCUT2D eigenvalue weighted by molar-refractivity contribution is 7.92. The van der Waals surface area contributed by atoms with Gasteiger partial charge in [-0.25, -0.2) is 8.42 Å². The van der Waals surface area contributed by atoms with Gasteiger partial charge in [-0.3, -0.25) is 13.9 Å². The Morgan fingerprint density at radius 1 is 1.09 bits per heavy atom. The number of carbonyl (C=O) groups excluding carboxylic acids is 2. The maximum atomic E-state index is 13.2. The van der Waals surface area contributed by atoms with Gasteiger partial charge in [0.05, 0.1) is 23.2 Å². The molecule has 0 aliphatic heterocycles. The van der Waals surface area contributed by atoms with Gasteiger partial charge in [-0.1, -0.05) is 49.1 Å². The van der Waals surface area contributed by atoms with Crippen LogP contribution in [0.25, 0.3) is 0 Å². The van der Waals surface area contributed by atoms with E-state index in [0.717, 1.165) is 36.2 Å². The van der Waals surface area contributed by atoms with E-state index in [1.807, 2.05) is 0 Å². The molecule has 1 aliphatic carbocycles. The summed E-state index contributed by atoms with van der Waals surface area (Å²) < 4.78 is 26.3. The number of aryl methyl sites for hydroxylation is 1. The summed E-state index contributed by atoms with van der Waals surface area (Å²) in [5.74, 6) is -0.811. The Balaban J connectivity index is 1.84. The van der Waals surface area contributed by atoms with Gasteiger partial charge < -0.3 is 10.6 Å². The van der Waals surface area contributed by atoms with E-state index in [1.54, 1.807) is 43.3 Å². The van der Waals surface area contributed by atoms with Crippen molar-refractivity contribution < 1.29 is 18.0 Å². The normalized spacial score (nSPS) is 15.5. The molecule has 2 N–H and O–H groups in total. The van der Waals surface area contributed by atoms with E-state index < -0.39 is 22.0 Å². The van der Waals surface area contributed by atoms with Crippen LogP contribution in [0.15, 0.2) is 42.5 Å². The van der Waals surface area contributed by atoms with Gasteiger partial charge in [-0.05, 0) is 56.5 Å². The van der Waals surface area contributed by atoms with Crippen LogP contribution in [-0.2, 0) is 14.8 Å². The molecule has 1 atom stereocenters. The molecular weight excluding hydrogens is 462 g/mol. The first kappa shape index (κ1) is 25.1. The predicted octanol–water partition coefficient (Wildman–Crippen LogP) is 4.50. The summed E-state index contributed by atoms with van der Waals surface area (Å²) in [6.07, 6.45) is 6.29. The molecule has 1 aliphatic rings. The van der Waals surface area contributed by atoms with Crippen LogP contribution < -0.4 is 14.9 Å². The number of amides is 2. The predicted molar refractivity (Wildman–Crippen MR) is 132 cm³/mol. The number of hydrogen-bond donors (Lipinski definition) is 2. The van der Waals surface area contributed by atoms with Gasteiger partial charge in [-0.15, -0.1) is 0 Å². The van der Waals surface area contributed by atoms with Crippen molar-refractivity contribution in [2.75, 3.05) is 15.9 Å². The lowest BCUT2D eigenvalue weighted by Crippen LogP contribution is -2.46. The SMILES string of the molecule is Cc1ccc(Cl)cc1N([C@@H](C)C(=O)Nc1ccccc1C(=O)NC1CCCCC1)S(C)(=O)=O. The molecule has 1 fully saturated rings. The second kappa shape index (κ2) is 10.6. The molecule has 7 nitrogen and oxygen atoms in total. The highest BCUT2D eigenvalue weighted by atomic mass is 35.5. The van der Waals surface area contributed by atoms with Gasteiger partial charge in [-0.2, -0.15) is 0 Å². The number of anilines is 2. The van der Waals surface area contributed by atoms with Crippen molar-refractivity contribution in [2.45, 2.75) is 58.0 Å². The average Bonchev–Trinajstić information content (AvgIpc) is 2.76. The fourth-order valence-electron chi connectivity index (χ4n) is 4.14. The summed E-state index contributed by atoms with van der Waals surface area (Å²) in [4.78, 5) is 26.1. The Morgan fingerprint density at radius 2 is 1.76 bits per heavy atom. The van der Waals surface area contributed by atoms with Crippen molar-refractivity contribution in [3.63, 3.8) is 0 Å². The molecule has 9 heteroatoms. The Morgan fingerprint density at radius 3 is 2.42 bits per heavy atom. The summed E-state index contributed by atoms with van der Waals surface area (Å²) in [7, 11) is -3.80. The number of sulfonamides is 1. The molecule has 0 spiro atoms. The largest absolute Gasteiger partial charge is 0.349 e. The first-order valence-electron chi connectivity index (χ1n) is 11.0. The third-order valence-electron chi connectivity index (χ3n) is 5.87. The van der Waals surface area contributed by atoms with E-state index in [9.17, 15) is 18.0 Å². The zero-order chi connectivity index (χ0) is 24.2. The van der Waals surface area contributed by atoms with Crippen LogP contribution in [0.5, 0.6) is 0 Å². The molecular formula is C24H30ClN3O4S. The van der Waals surface area contributed by atoms with Gasteiger partial charge in [0, 0.05) is 11.1 Å². The van der Waals surface area contributed by atoms with Crippen molar-refractivity contribution in [1.82, 2.24) is 5.32 Å². The first-order chi connectivity index (χ1) is 15.6. The van der Waals surface area contributed by atoms with Crippen molar-refractivity contribution in [3.8, 4) is 0 Å². The highest BCUT2D eigenvalue weighted by Crippen LogP contribution is 2.29. The molecule has 0 aromatic heterocycles. The summed E-state index contributed by atoms with van der Waals surface area (Å²) in [6.45, 7) is 3.25. The van der Waals surface area contributed by atoms with Crippen LogP contribution in [-0.4, -0.2) is 38.6 Å². The van der Waals surface area contributed by atoms with Crippen LogP contribution in [0.2, 0.25) is 5.02 Å². The minimum absolute atomic E-state index is 0.125. The number of hydrogen-bond acceptors (Lipinski definition) is 4. The first-order valence-corrected chi connectivity index (χ1v) is 13.3. The molecule has 1 saturated carbocycles. The van der Waals surface area contributed by atoms with E-state index in [1.165, 1.54) is 19.4 Å². The molecule has 0 radical (unpaired) electrons. The van der Waals surface area contributed by atoms with Gasteiger partial charge in [0.2, 0.25) is 15.9 Å². The van der Waals surface area contributed by atoms with Crippen LogP contribution in [0, 0.1) is 6.92 Å². The van der Waals surface area contributed by atoms with Crippen molar-refractivity contribution in [2.24, 2.45) is 0 Å². The van der Waals surface area contributed by atoms with E-state index in [2.05, 4.69) is 10.6 Å². The molecule has 2 amide bonds. The van der Waals surface area contributed by atoms with Gasteiger partial charge in [0.1, 0.15) is 6.04 Å². The van der Waals surface area contributed by atoms with Crippen LogP contribution in [0.1, 0.15) is 54.9 Å². The van der Waals surface area contributed by atoms with Crippen LogP contribution in [0.4, 0.5) is 11.4 Å². The van der Waals surface area contributed by atoms with Crippen molar-refractivity contribution in [1.29, 1.82) is 0 Å². The molecule has 0 bridgehead atoms. The number of carbonyl (C=O) groups is 2. The summed E-state index contributed by atoms with van der Waals surface area (Å²) in [6, 6.07) is 10.7. The number of para-hydroxylation sites is 1. The van der Waals surface area contributed by atoms with Crippen molar-refractivity contribution in [3.05, 3.63) is 58.6 Å². The lowest BCUT2D eigenvalue weighted by Gasteiger charge is -2.30. The van der Waals surface area contributed by atoms with Crippen molar-refractivity contribution >= 4 is 44.8 Å². The van der Waals surface area contributed by atoms with Crippen LogP contribution in [0.3, 0.4) is 0 Å². The molecule has 2 aromatic rings. The maximum absolute atomic E-state index is 13.2. The average molecular weight is 492 g/mol. The molecule has 178 valence electrons. The molecule has 33 heavy (non-hydrogen) atoms. The minimum atomic E-state index is -3.80. The summed E-state index contributed by atoms with van der Waals surface area (Å²) in [5.41, 5.74) is 1.67. The zero-order valence-electron chi connectivity index (χ0n) is 19.1. The number of halogens is 1. The molecule has 0 heterocycles. The van der Waals surface area contributed by atoms with Crippen LogP contribution >= 0.6 is 11.6 Å². The van der Waals surface area contributed by atoms with E-state index in [4.69, 9.17) is 11.6 Å². The maximum Gasteiger partial charge on any atom is 0.253 e. The Bertz CT molecular complexity index is 1130. The lowest BCUT2D eigenvalue weighted by atomic mass is 9.95. The van der Waals surface area contributed by atoms with E-state index in [-0.39, 0.29) is 11.9 Å². The minimum Gasteiger partial charge on any atom is -0.349 e. The molecule has 2 aromatic carbocycles. The van der Waals surface area contributed by atoms with Gasteiger partial charge >= 0.3 is 0 Å². The second-order valence-corrected chi connectivity index (χ2v) is 10.8. The van der Waals surface area contributed by atoms with Gasteiger partial charge in [0.15, 0.2) is 0 Å². The number of benzene rings is 2. The Kier molecular flexibility index (Phi) is 8.02. The zero-order valence-corrected chi connectivity index (χ0v) is 20.7.